The molecule has 21 heavy (non-hydrogen) atoms. The zero-order chi connectivity index (χ0) is 14.8. The minimum Gasteiger partial charge on any atom is -0.502 e. The van der Waals surface area contributed by atoms with Crippen LogP contribution >= 0.6 is 0 Å². The van der Waals surface area contributed by atoms with Crippen LogP contribution in [0.15, 0.2) is 77.7 Å². The number of ether oxygens (including phenoxy) is 1. The molecule has 0 amide bonds. The number of hydrogen-bond donors (Lipinski definition) is 0. The Morgan fingerprint density at radius 1 is 0.857 bits per heavy atom. The van der Waals surface area contributed by atoms with Crippen LogP contribution < -0.4 is 0 Å². The number of unbranched alkanes of at least 4 members (excludes halogenated alkanes) is 1. The first-order valence-electron chi connectivity index (χ1n) is 7.17. The molecule has 0 saturated carbocycles. The first kappa shape index (κ1) is 15.0. The molecular formula is C18H20N2O. The highest BCUT2D eigenvalue weighted by atomic mass is 16.5. The molecule has 0 spiro atoms. The van der Waals surface area contributed by atoms with E-state index in [0.717, 1.165) is 37.2 Å². The van der Waals surface area contributed by atoms with Crippen molar-refractivity contribution in [3.63, 3.8) is 0 Å². The Morgan fingerprint density at radius 3 is 2.19 bits per heavy atom. The van der Waals surface area contributed by atoms with Crippen molar-refractivity contribution in [2.75, 3.05) is 6.61 Å². The van der Waals surface area contributed by atoms with Gasteiger partial charge in [-0.05, 0) is 49.1 Å². The average Bonchev–Trinajstić information content (AvgIpc) is 2.55. The molecule has 0 aliphatic carbocycles. The predicted molar refractivity (Wildman–Crippen MR) is 86.1 cm³/mol. The second-order valence-electron chi connectivity index (χ2n) is 4.70. The lowest BCUT2D eigenvalue weighted by Gasteiger charge is -2.02. The lowest BCUT2D eigenvalue weighted by atomic mass is 10.1. The monoisotopic (exact) mass is 280 g/mol. The quantitative estimate of drug-likeness (QED) is 0.353. The molecule has 2 aromatic rings. The summed E-state index contributed by atoms with van der Waals surface area (Å²) in [6.45, 7) is 4.27. The highest BCUT2D eigenvalue weighted by Crippen LogP contribution is 2.18. The molecule has 3 heteroatoms. The van der Waals surface area contributed by atoms with Crippen molar-refractivity contribution in [1.82, 2.24) is 0 Å². The first-order valence-corrected chi connectivity index (χ1v) is 7.17. The van der Waals surface area contributed by atoms with Crippen molar-refractivity contribution in [2.24, 2.45) is 10.2 Å². The molecular weight excluding hydrogens is 260 g/mol. The molecule has 0 N–H and O–H groups in total. The Bertz CT molecular complexity index is 562. The molecule has 108 valence electrons. The minimum atomic E-state index is 0.743. The normalized spacial score (nSPS) is 10.7. The summed E-state index contributed by atoms with van der Waals surface area (Å²) >= 11 is 0. The van der Waals surface area contributed by atoms with Gasteiger partial charge >= 0.3 is 0 Å². The van der Waals surface area contributed by atoms with Crippen LogP contribution in [0.25, 0.3) is 0 Å². The van der Waals surface area contributed by atoms with Crippen LogP contribution in [0.4, 0.5) is 11.4 Å². The van der Waals surface area contributed by atoms with Gasteiger partial charge in [0.25, 0.3) is 0 Å². The molecule has 0 heterocycles. The number of hydrogen-bond acceptors (Lipinski definition) is 3. The molecule has 0 radical (unpaired) electrons. The first-order chi connectivity index (χ1) is 10.4. The van der Waals surface area contributed by atoms with E-state index in [1.54, 1.807) is 0 Å². The lowest BCUT2D eigenvalue weighted by molar-refractivity contribution is 0.243. The number of rotatable bonds is 8. The second kappa shape index (κ2) is 8.69. The molecule has 0 unspecified atom stereocenters. The summed E-state index contributed by atoms with van der Waals surface area (Å²) < 4.78 is 5.10. The molecule has 0 fully saturated rings. The van der Waals surface area contributed by atoms with Gasteiger partial charge in [0.05, 0.1) is 24.2 Å². The summed E-state index contributed by atoms with van der Waals surface area (Å²) in [6, 6.07) is 18.0. The average molecular weight is 280 g/mol. The van der Waals surface area contributed by atoms with E-state index in [1.165, 1.54) is 11.8 Å². The zero-order valence-corrected chi connectivity index (χ0v) is 12.1. The van der Waals surface area contributed by atoms with Gasteiger partial charge in [0.15, 0.2) is 0 Å². The van der Waals surface area contributed by atoms with E-state index in [-0.39, 0.29) is 0 Å². The topological polar surface area (TPSA) is 34.0 Å². The third-order valence-corrected chi connectivity index (χ3v) is 3.07. The van der Waals surface area contributed by atoms with Crippen molar-refractivity contribution in [3.8, 4) is 0 Å². The van der Waals surface area contributed by atoms with Crippen molar-refractivity contribution in [3.05, 3.63) is 73.0 Å². The smallest absolute Gasteiger partial charge is 0.0873 e. The highest BCUT2D eigenvalue weighted by molar-refractivity contribution is 5.40. The fraction of sp³-hybridized carbons (Fsp3) is 0.222. The summed E-state index contributed by atoms with van der Waals surface area (Å²) in [5.41, 5.74) is 3.05. The third kappa shape index (κ3) is 5.61. The van der Waals surface area contributed by atoms with Crippen molar-refractivity contribution in [2.45, 2.75) is 19.3 Å². The number of nitrogens with zero attached hydrogens (tertiary/aromatic N) is 2. The van der Waals surface area contributed by atoms with Gasteiger partial charge in [-0.1, -0.05) is 36.9 Å². The summed E-state index contributed by atoms with van der Waals surface area (Å²) in [5, 5.41) is 8.43. The van der Waals surface area contributed by atoms with Gasteiger partial charge < -0.3 is 4.74 Å². The molecule has 0 aliphatic heterocycles. The molecule has 0 atom stereocenters. The van der Waals surface area contributed by atoms with Crippen molar-refractivity contribution < 1.29 is 4.74 Å². The van der Waals surface area contributed by atoms with E-state index in [0.29, 0.717) is 0 Å². The van der Waals surface area contributed by atoms with Crippen LogP contribution in [-0.2, 0) is 11.2 Å². The Hall–Kier alpha value is -2.42. The van der Waals surface area contributed by atoms with Gasteiger partial charge in [-0.2, -0.15) is 10.2 Å². The Balaban J connectivity index is 1.81. The molecule has 0 bridgehead atoms. The maximum Gasteiger partial charge on any atom is 0.0873 e. The van der Waals surface area contributed by atoms with E-state index in [4.69, 9.17) is 4.74 Å². The van der Waals surface area contributed by atoms with Crippen LogP contribution in [0.5, 0.6) is 0 Å². The Labute approximate surface area is 126 Å². The van der Waals surface area contributed by atoms with Crippen LogP contribution in [0.2, 0.25) is 0 Å². The molecule has 0 saturated heterocycles. The van der Waals surface area contributed by atoms with Gasteiger partial charge in [-0.3, -0.25) is 0 Å². The van der Waals surface area contributed by atoms with Gasteiger partial charge in [-0.15, -0.1) is 0 Å². The minimum absolute atomic E-state index is 0.743. The lowest BCUT2D eigenvalue weighted by Crippen LogP contribution is -1.90. The highest BCUT2D eigenvalue weighted by Gasteiger charge is 1.95. The molecule has 0 aromatic heterocycles. The maximum atomic E-state index is 5.10. The summed E-state index contributed by atoms with van der Waals surface area (Å²) in [6.07, 6.45) is 4.70. The van der Waals surface area contributed by atoms with E-state index < -0.39 is 0 Å². The fourth-order valence-electron chi connectivity index (χ4n) is 1.94. The summed E-state index contributed by atoms with van der Waals surface area (Å²) in [5.74, 6) is 0. The Morgan fingerprint density at radius 2 is 1.52 bits per heavy atom. The van der Waals surface area contributed by atoms with Gasteiger partial charge in [0.2, 0.25) is 0 Å². The largest absolute Gasteiger partial charge is 0.502 e. The zero-order valence-electron chi connectivity index (χ0n) is 12.1. The predicted octanol–water partition coefficient (Wildman–Crippen LogP) is 5.58. The Kier molecular flexibility index (Phi) is 6.20. The van der Waals surface area contributed by atoms with E-state index in [9.17, 15) is 0 Å². The van der Waals surface area contributed by atoms with Crippen LogP contribution in [0, 0.1) is 0 Å². The molecule has 2 rings (SSSR count). The SMILES string of the molecule is C=COCCCCc1ccc(/N=N/c2ccccc2)cc1. The fourth-order valence-corrected chi connectivity index (χ4v) is 1.94. The second-order valence-corrected chi connectivity index (χ2v) is 4.70. The van der Waals surface area contributed by atoms with Crippen LogP contribution in [0.1, 0.15) is 18.4 Å². The van der Waals surface area contributed by atoms with Crippen LogP contribution in [-0.4, -0.2) is 6.61 Å². The van der Waals surface area contributed by atoms with E-state index >= 15 is 0 Å². The van der Waals surface area contributed by atoms with Crippen LogP contribution in [0.3, 0.4) is 0 Å². The van der Waals surface area contributed by atoms with E-state index in [1.807, 2.05) is 42.5 Å². The molecule has 3 nitrogen and oxygen atoms in total. The number of azo groups is 1. The standard InChI is InChI=1S/C18H20N2O/c1-2-21-15-7-6-8-16-11-13-18(14-12-16)20-19-17-9-4-3-5-10-17/h2-5,9-14H,1,6-8,15H2/b20-19+. The van der Waals surface area contributed by atoms with Crippen molar-refractivity contribution >= 4 is 11.4 Å². The van der Waals surface area contributed by atoms with Crippen molar-refractivity contribution in [1.29, 1.82) is 0 Å². The summed E-state index contributed by atoms with van der Waals surface area (Å²) in [7, 11) is 0. The molecule has 0 aliphatic rings. The van der Waals surface area contributed by atoms with E-state index in [2.05, 4.69) is 28.9 Å². The van der Waals surface area contributed by atoms with Gasteiger partial charge in [0.1, 0.15) is 0 Å². The molecule has 2 aromatic carbocycles. The maximum absolute atomic E-state index is 5.10. The van der Waals surface area contributed by atoms with Gasteiger partial charge in [0, 0.05) is 0 Å². The summed E-state index contributed by atoms with van der Waals surface area (Å²) in [4.78, 5) is 0. The van der Waals surface area contributed by atoms with Gasteiger partial charge in [-0.25, -0.2) is 0 Å². The third-order valence-electron chi connectivity index (χ3n) is 3.07. The number of aryl methyl sites for hydroxylation is 1. The number of benzene rings is 2.